The van der Waals surface area contributed by atoms with Crippen LogP contribution in [0.25, 0.3) is 0 Å². The van der Waals surface area contributed by atoms with E-state index in [-0.39, 0.29) is 5.69 Å². The maximum Gasteiger partial charge on any atom is 0.146 e. The zero-order valence-corrected chi connectivity index (χ0v) is 10.1. The molecule has 0 saturated carbocycles. The van der Waals surface area contributed by atoms with Crippen LogP contribution in [0.4, 0.5) is 23.2 Å². The van der Waals surface area contributed by atoms with Crippen molar-refractivity contribution in [1.82, 2.24) is 0 Å². The summed E-state index contributed by atoms with van der Waals surface area (Å²) in [6.07, 6.45) is 0. The fraction of sp³-hybridized carbons (Fsp3) is 0.143. The lowest BCUT2D eigenvalue weighted by Gasteiger charge is -2.16. The van der Waals surface area contributed by atoms with Crippen molar-refractivity contribution in [2.45, 2.75) is 13.0 Å². The molecule has 1 N–H and O–H groups in total. The molecule has 0 amide bonds. The predicted octanol–water partition coefficient (Wildman–Crippen LogP) is 4.42. The second-order valence-corrected chi connectivity index (χ2v) is 4.19. The first-order chi connectivity index (χ1) is 8.95. The fourth-order valence-corrected chi connectivity index (χ4v) is 1.75. The molecule has 0 aliphatic heterocycles. The largest absolute Gasteiger partial charge is 0.376 e. The maximum absolute atomic E-state index is 13.4. The van der Waals surface area contributed by atoms with E-state index in [1.165, 1.54) is 0 Å². The molecule has 0 saturated heterocycles. The quantitative estimate of drug-likeness (QED) is 0.813. The van der Waals surface area contributed by atoms with Crippen LogP contribution in [0.1, 0.15) is 18.5 Å². The molecule has 0 bridgehead atoms. The Kier molecular flexibility index (Phi) is 3.74. The third kappa shape index (κ3) is 3.24. The molecule has 2 aromatic carbocycles. The molecule has 0 aliphatic rings. The van der Waals surface area contributed by atoms with Crippen LogP contribution in [0.15, 0.2) is 36.4 Å². The van der Waals surface area contributed by atoms with Crippen LogP contribution in [0.5, 0.6) is 0 Å². The Morgan fingerprint density at radius 3 is 2.11 bits per heavy atom. The normalized spacial score (nSPS) is 12.3. The highest BCUT2D eigenvalue weighted by molar-refractivity contribution is 5.47. The maximum atomic E-state index is 13.4. The van der Waals surface area contributed by atoms with Crippen molar-refractivity contribution in [2.24, 2.45) is 0 Å². The molecule has 0 fully saturated rings. The SMILES string of the molecule is CC(Nc1cc(F)ccc1F)c1cc(F)cc(F)c1. The van der Waals surface area contributed by atoms with Gasteiger partial charge in [-0.3, -0.25) is 0 Å². The van der Waals surface area contributed by atoms with Crippen LogP contribution in [0, 0.1) is 23.3 Å². The second-order valence-electron chi connectivity index (χ2n) is 4.19. The lowest BCUT2D eigenvalue weighted by Crippen LogP contribution is -2.09. The Labute approximate surface area is 107 Å². The van der Waals surface area contributed by atoms with E-state index in [2.05, 4.69) is 5.32 Å². The summed E-state index contributed by atoms with van der Waals surface area (Å²) in [6, 6.07) is 5.42. The number of halogens is 4. The van der Waals surface area contributed by atoms with Crippen molar-refractivity contribution < 1.29 is 17.6 Å². The van der Waals surface area contributed by atoms with E-state index in [1.807, 2.05) is 0 Å². The molecule has 0 aliphatic carbocycles. The lowest BCUT2D eigenvalue weighted by atomic mass is 10.1. The Morgan fingerprint density at radius 2 is 1.47 bits per heavy atom. The smallest absolute Gasteiger partial charge is 0.146 e. The van der Waals surface area contributed by atoms with E-state index in [1.54, 1.807) is 6.92 Å². The molecule has 0 heterocycles. The van der Waals surface area contributed by atoms with Crippen LogP contribution >= 0.6 is 0 Å². The molecule has 1 nitrogen and oxygen atoms in total. The summed E-state index contributed by atoms with van der Waals surface area (Å²) in [4.78, 5) is 0. The first-order valence-electron chi connectivity index (χ1n) is 5.63. The zero-order valence-electron chi connectivity index (χ0n) is 10.1. The average Bonchev–Trinajstić information content (AvgIpc) is 2.32. The minimum Gasteiger partial charge on any atom is -0.376 e. The van der Waals surface area contributed by atoms with Gasteiger partial charge in [0.05, 0.1) is 5.69 Å². The molecule has 19 heavy (non-hydrogen) atoms. The monoisotopic (exact) mass is 269 g/mol. The first-order valence-corrected chi connectivity index (χ1v) is 5.63. The van der Waals surface area contributed by atoms with Gasteiger partial charge < -0.3 is 5.32 Å². The minimum atomic E-state index is -0.719. The van der Waals surface area contributed by atoms with Gasteiger partial charge in [-0.15, -0.1) is 0 Å². The summed E-state index contributed by atoms with van der Waals surface area (Å²) in [5.74, 6) is -2.67. The van der Waals surface area contributed by atoms with Crippen LogP contribution < -0.4 is 5.32 Å². The van der Waals surface area contributed by atoms with Gasteiger partial charge in [0.2, 0.25) is 0 Å². The fourth-order valence-electron chi connectivity index (χ4n) is 1.75. The highest BCUT2D eigenvalue weighted by Gasteiger charge is 2.11. The van der Waals surface area contributed by atoms with Gasteiger partial charge in [-0.1, -0.05) is 0 Å². The van der Waals surface area contributed by atoms with Gasteiger partial charge in [0, 0.05) is 12.1 Å². The van der Waals surface area contributed by atoms with Gasteiger partial charge in [0.1, 0.15) is 23.3 Å². The molecule has 2 rings (SSSR count). The van der Waals surface area contributed by atoms with Crippen LogP contribution in [0.2, 0.25) is 0 Å². The van der Waals surface area contributed by atoms with E-state index < -0.39 is 29.3 Å². The molecule has 1 atom stereocenters. The number of hydrogen-bond donors (Lipinski definition) is 1. The van der Waals surface area contributed by atoms with Gasteiger partial charge in [-0.25, -0.2) is 17.6 Å². The molecule has 100 valence electrons. The molecular formula is C14H11F4N. The summed E-state index contributed by atoms with van der Waals surface area (Å²) in [5, 5.41) is 2.67. The summed E-state index contributed by atoms with van der Waals surface area (Å²) in [5.41, 5.74) is 0.248. The van der Waals surface area contributed by atoms with Crippen molar-refractivity contribution >= 4 is 5.69 Å². The standard InChI is InChI=1S/C14H11F4N/c1-8(9-4-11(16)6-12(17)5-9)19-14-7-10(15)2-3-13(14)18/h2-8,19H,1H3. The summed E-state index contributed by atoms with van der Waals surface area (Å²) in [6.45, 7) is 1.60. The van der Waals surface area contributed by atoms with Crippen LogP contribution in [-0.2, 0) is 0 Å². The molecule has 0 aromatic heterocycles. The van der Waals surface area contributed by atoms with E-state index >= 15 is 0 Å². The second kappa shape index (κ2) is 5.30. The van der Waals surface area contributed by atoms with Crippen molar-refractivity contribution in [3.8, 4) is 0 Å². The van der Waals surface area contributed by atoms with Gasteiger partial charge in [0.15, 0.2) is 0 Å². The van der Waals surface area contributed by atoms with E-state index in [0.717, 1.165) is 36.4 Å². The summed E-state index contributed by atoms with van der Waals surface area (Å²) < 4.78 is 52.6. The van der Waals surface area contributed by atoms with E-state index in [0.29, 0.717) is 5.56 Å². The molecule has 0 radical (unpaired) electrons. The number of benzene rings is 2. The highest BCUT2D eigenvalue weighted by Crippen LogP contribution is 2.23. The molecule has 2 aromatic rings. The Balaban J connectivity index is 2.25. The Morgan fingerprint density at radius 1 is 0.842 bits per heavy atom. The van der Waals surface area contributed by atoms with Crippen molar-refractivity contribution in [3.63, 3.8) is 0 Å². The zero-order chi connectivity index (χ0) is 14.0. The van der Waals surface area contributed by atoms with Crippen LogP contribution in [-0.4, -0.2) is 0 Å². The van der Waals surface area contributed by atoms with Crippen molar-refractivity contribution in [2.75, 3.05) is 5.32 Å². The average molecular weight is 269 g/mol. The van der Waals surface area contributed by atoms with Gasteiger partial charge in [0.25, 0.3) is 0 Å². The molecular weight excluding hydrogens is 258 g/mol. The lowest BCUT2D eigenvalue weighted by molar-refractivity contribution is 0.576. The van der Waals surface area contributed by atoms with Gasteiger partial charge >= 0.3 is 0 Å². The summed E-state index contributed by atoms with van der Waals surface area (Å²) >= 11 is 0. The molecule has 5 heteroatoms. The third-order valence-corrected chi connectivity index (χ3v) is 2.69. The minimum absolute atomic E-state index is 0.0582. The van der Waals surface area contributed by atoms with Crippen molar-refractivity contribution in [3.05, 3.63) is 65.2 Å². The van der Waals surface area contributed by atoms with E-state index in [4.69, 9.17) is 0 Å². The first kappa shape index (κ1) is 13.4. The van der Waals surface area contributed by atoms with Crippen LogP contribution in [0.3, 0.4) is 0 Å². The predicted molar refractivity (Wildman–Crippen MR) is 64.8 cm³/mol. The highest BCUT2D eigenvalue weighted by atomic mass is 19.1. The molecule has 1 unspecified atom stereocenters. The number of anilines is 1. The van der Waals surface area contributed by atoms with Gasteiger partial charge in [-0.05, 0) is 42.8 Å². The van der Waals surface area contributed by atoms with Crippen molar-refractivity contribution in [1.29, 1.82) is 0 Å². The van der Waals surface area contributed by atoms with E-state index in [9.17, 15) is 17.6 Å². The number of hydrogen-bond acceptors (Lipinski definition) is 1. The number of nitrogens with one attached hydrogen (secondary N) is 1. The third-order valence-electron chi connectivity index (χ3n) is 2.69. The molecule has 0 spiro atoms. The topological polar surface area (TPSA) is 12.0 Å². The summed E-state index contributed by atoms with van der Waals surface area (Å²) in [7, 11) is 0. The Hall–Kier alpha value is -2.04. The number of rotatable bonds is 3. The van der Waals surface area contributed by atoms with Gasteiger partial charge in [-0.2, -0.15) is 0 Å². The Bertz CT molecular complexity index is 578.